The minimum atomic E-state index is 0.0501. The number of ketones is 2. The van der Waals surface area contributed by atoms with Crippen LogP contribution in [0.4, 0.5) is 0 Å². The second-order valence-corrected chi connectivity index (χ2v) is 8.24. The van der Waals surface area contributed by atoms with Gasteiger partial charge in [-0.2, -0.15) is 0 Å². The van der Waals surface area contributed by atoms with E-state index in [0.29, 0.717) is 53.6 Å². The van der Waals surface area contributed by atoms with E-state index in [-0.39, 0.29) is 24.8 Å². The van der Waals surface area contributed by atoms with Crippen molar-refractivity contribution in [1.29, 1.82) is 0 Å². The Morgan fingerprint density at radius 1 is 0.846 bits per heavy atom. The molecule has 1 aromatic carbocycles. The van der Waals surface area contributed by atoms with Crippen LogP contribution in [0.2, 0.25) is 0 Å². The van der Waals surface area contributed by atoms with Crippen molar-refractivity contribution in [1.82, 2.24) is 0 Å². The molecule has 0 saturated heterocycles. The normalized spacial score (nSPS) is 12.2. The van der Waals surface area contributed by atoms with E-state index in [1.807, 2.05) is 52.5 Å². The molecule has 2 N–H and O–H groups in total. The molecule has 0 atom stereocenters. The second-order valence-electron chi connectivity index (χ2n) is 8.24. The molecule has 1 rings (SSSR count). The molecule has 0 aromatic heterocycles. The molecule has 0 aliphatic heterocycles. The third-order valence-corrected chi connectivity index (χ3v) is 4.56. The lowest BCUT2D eigenvalue weighted by atomic mass is 10.0. The molecule has 0 unspecified atom stereocenters. The number of carbonyl (C=O) groups is 2. The van der Waals surface area contributed by atoms with E-state index in [4.69, 9.17) is 10.2 Å². The summed E-state index contributed by atoms with van der Waals surface area (Å²) >= 11 is 0. The summed E-state index contributed by atoms with van der Waals surface area (Å²) < 4.78 is 0.943. The van der Waals surface area contributed by atoms with E-state index in [1.165, 1.54) is 0 Å². The van der Waals surface area contributed by atoms with Gasteiger partial charge in [0.2, 0.25) is 5.78 Å². The van der Waals surface area contributed by atoms with Gasteiger partial charge in [0.1, 0.15) is 26.2 Å². The first-order valence-corrected chi connectivity index (χ1v) is 9.08. The number of aryl methyl sites for hydroxylation is 1. The third-order valence-electron chi connectivity index (χ3n) is 4.56. The highest BCUT2D eigenvalue weighted by Crippen LogP contribution is 2.10. The maximum absolute atomic E-state index is 12.4. The molecule has 0 aliphatic carbocycles. The Morgan fingerprint density at radius 2 is 1.35 bits per heavy atom. The van der Waals surface area contributed by atoms with Crippen molar-refractivity contribution in [3.63, 3.8) is 0 Å². The lowest BCUT2D eigenvalue weighted by Crippen LogP contribution is -2.45. The summed E-state index contributed by atoms with van der Waals surface area (Å²) in [5.74, 6) is 0.223. The molecule has 0 saturated carbocycles. The van der Waals surface area contributed by atoms with Gasteiger partial charge in [-0.05, 0) is 12.0 Å². The molecule has 146 valence electrons. The molecule has 0 amide bonds. The van der Waals surface area contributed by atoms with Crippen molar-refractivity contribution in [3.8, 4) is 0 Å². The van der Waals surface area contributed by atoms with Crippen molar-refractivity contribution in [3.05, 3.63) is 35.4 Å². The number of likely N-dealkylation sites (N-methyl/N-ethyl adjacent to an activating group) is 2. The molecule has 1 aromatic rings. The number of aliphatic hydroxyl groups is 2. The Hall–Kier alpha value is -1.60. The number of quaternary nitrogens is 2. The Bertz CT molecular complexity index is 594. The highest BCUT2D eigenvalue weighted by atomic mass is 16.3. The van der Waals surface area contributed by atoms with Crippen molar-refractivity contribution >= 4 is 11.6 Å². The minimum absolute atomic E-state index is 0.0501. The van der Waals surface area contributed by atoms with Gasteiger partial charge in [-0.3, -0.25) is 9.59 Å². The summed E-state index contributed by atoms with van der Waals surface area (Å²) in [5, 5.41) is 18.1. The van der Waals surface area contributed by atoms with E-state index >= 15 is 0 Å². The van der Waals surface area contributed by atoms with Crippen LogP contribution in [0, 0.1) is 0 Å². The molecule has 0 radical (unpaired) electrons. The van der Waals surface area contributed by atoms with Crippen molar-refractivity contribution in [2.45, 2.75) is 12.8 Å². The molecule has 0 aliphatic rings. The van der Waals surface area contributed by atoms with Crippen LogP contribution in [-0.2, 0) is 11.2 Å². The average Bonchev–Trinajstić information content (AvgIpc) is 2.52. The first-order chi connectivity index (χ1) is 12.1. The van der Waals surface area contributed by atoms with Gasteiger partial charge in [0.25, 0.3) is 0 Å². The van der Waals surface area contributed by atoms with Gasteiger partial charge >= 0.3 is 0 Å². The summed E-state index contributed by atoms with van der Waals surface area (Å²) in [6.07, 6.45) is 1.11. The summed E-state index contributed by atoms with van der Waals surface area (Å²) in [7, 11) is 7.71. The van der Waals surface area contributed by atoms with Gasteiger partial charge < -0.3 is 19.2 Å². The predicted molar refractivity (Wildman–Crippen MR) is 102 cm³/mol. The van der Waals surface area contributed by atoms with E-state index in [9.17, 15) is 9.59 Å². The predicted octanol–water partition coefficient (Wildman–Crippen LogP) is 0.508. The first kappa shape index (κ1) is 22.4. The zero-order chi connectivity index (χ0) is 19.8. The summed E-state index contributed by atoms with van der Waals surface area (Å²) in [4.78, 5) is 24.5. The molecule has 6 heteroatoms. The summed E-state index contributed by atoms with van der Waals surface area (Å²) in [6, 6.07) is 7.43. The Balaban J connectivity index is 2.55. The minimum Gasteiger partial charge on any atom is -0.391 e. The zero-order valence-electron chi connectivity index (χ0n) is 16.6. The molecule has 6 nitrogen and oxygen atoms in total. The quantitative estimate of drug-likeness (QED) is 0.418. The highest BCUT2D eigenvalue weighted by Gasteiger charge is 2.21. The van der Waals surface area contributed by atoms with Gasteiger partial charge in [0.15, 0.2) is 5.78 Å². The van der Waals surface area contributed by atoms with Crippen molar-refractivity contribution in [2.24, 2.45) is 0 Å². The maximum atomic E-state index is 12.4. The molecule has 0 bridgehead atoms. The fourth-order valence-electron chi connectivity index (χ4n) is 2.88. The number of hydrogen-bond acceptors (Lipinski definition) is 4. The number of nitrogens with zero attached hydrogens (tertiary/aromatic N) is 2. The van der Waals surface area contributed by atoms with Crippen molar-refractivity contribution < 1.29 is 28.8 Å². The molecule has 0 fully saturated rings. The molecule has 26 heavy (non-hydrogen) atoms. The number of rotatable bonds is 12. The van der Waals surface area contributed by atoms with Gasteiger partial charge in [-0.15, -0.1) is 0 Å². The van der Waals surface area contributed by atoms with Crippen LogP contribution in [0.1, 0.15) is 22.3 Å². The average molecular weight is 367 g/mol. The molecular weight excluding hydrogens is 332 g/mol. The van der Waals surface area contributed by atoms with Crippen LogP contribution in [0.15, 0.2) is 24.3 Å². The Morgan fingerprint density at radius 3 is 1.85 bits per heavy atom. The van der Waals surface area contributed by atoms with E-state index in [0.717, 1.165) is 5.56 Å². The topological polar surface area (TPSA) is 74.6 Å². The molecular formula is C20H34N2O4+2. The summed E-state index contributed by atoms with van der Waals surface area (Å²) in [5.41, 5.74) is 1.69. The second kappa shape index (κ2) is 9.92. The van der Waals surface area contributed by atoms with Crippen LogP contribution in [0.25, 0.3) is 0 Å². The maximum Gasteiger partial charge on any atom is 0.216 e. The van der Waals surface area contributed by atoms with Crippen molar-refractivity contribution in [2.75, 3.05) is 67.6 Å². The van der Waals surface area contributed by atoms with Crippen LogP contribution in [0.5, 0.6) is 0 Å². The fourth-order valence-corrected chi connectivity index (χ4v) is 2.88. The van der Waals surface area contributed by atoms with Crippen LogP contribution in [-0.4, -0.2) is 98.3 Å². The van der Waals surface area contributed by atoms with E-state index in [2.05, 4.69) is 0 Å². The van der Waals surface area contributed by atoms with Crippen LogP contribution < -0.4 is 0 Å². The Kier molecular flexibility index (Phi) is 8.56. The number of carbonyl (C=O) groups excluding carboxylic acids is 2. The standard InChI is InChI=1S/C20H34N2O4/c1-21(2,11-13-23)15-19(25)10-7-17-5-8-18(9-6-17)20(26)16-22(3,4)12-14-24/h5-6,8-9,23-24H,7,10-16H2,1-4H3/q+2. The lowest BCUT2D eigenvalue weighted by Gasteiger charge is -2.28. The van der Waals surface area contributed by atoms with Gasteiger partial charge in [-0.25, -0.2) is 0 Å². The van der Waals surface area contributed by atoms with Crippen LogP contribution >= 0.6 is 0 Å². The number of Topliss-reactive ketones (excluding diaryl/α,β-unsaturated/α-hetero) is 2. The SMILES string of the molecule is C[N+](C)(CCO)CC(=O)CCc1ccc(C(=O)C[N+](C)(C)CCO)cc1. The van der Waals surface area contributed by atoms with Crippen LogP contribution in [0.3, 0.4) is 0 Å². The fraction of sp³-hybridized carbons (Fsp3) is 0.600. The summed E-state index contributed by atoms with van der Waals surface area (Å²) in [6.45, 7) is 1.99. The number of aliphatic hydroxyl groups excluding tert-OH is 2. The number of benzene rings is 1. The van der Waals surface area contributed by atoms with Gasteiger partial charge in [0.05, 0.1) is 41.4 Å². The van der Waals surface area contributed by atoms with Gasteiger partial charge in [0, 0.05) is 12.0 Å². The smallest absolute Gasteiger partial charge is 0.216 e. The van der Waals surface area contributed by atoms with Gasteiger partial charge in [-0.1, -0.05) is 24.3 Å². The number of hydrogen-bond donors (Lipinski definition) is 2. The largest absolute Gasteiger partial charge is 0.391 e. The highest BCUT2D eigenvalue weighted by molar-refractivity contribution is 5.97. The van der Waals surface area contributed by atoms with E-state index < -0.39 is 0 Å². The monoisotopic (exact) mass is 366 g/mol. The zero-order valence-corrected chi connectivity index (χ0v) is 16.6. The molecule has 0 heterocycles. The Labute approximate surface area is 156 Å². The first-order valence-electron chi connectivity index (χ1n) is 9.08. The molecule has 0 spiro atoms. The van der Waals surface area contributed by atoms with E-state index in [1.54, 1.807) is 0 Å². The third kappa shape index (κ3) is 8.19. The lowest BCUT2D eigenvalue weighted by molar-refractivity contribution is -0.882.